The molecule has 0 aliphatic carbocycles. The SMILES string of the molecule is Cc1nn(C)c(C)c1-c1cc(C(=O)NC(C)(C)CN)[nH]n1. The van der Waals surface area contributed by atoms with E-state index in [9.17, 15) is 4.79 Å². The second-order valence-electron chi connectivity index (χ2n) is 5.88. The number of aromatic nitrogens is 4. The van der Waals surface area contributed by atoms with Crippen molar-refractivity contribution in [2.45, 2.75) is 33.2 Å². The molecule has 4 N–H and O–H groups in total. The Hall–Kier alpha value is -2.15. The summed E-state index contributed by atoms with van der Waals surface area (Å²) in [6.45, 7) is 8.01. The topological polar surface area (TPSA) is 102 Å². The minimum atomic E-state index is -0.456. The predicted molar refractivity (Wildman–Crippen MR) is 80.9 cm³/mol. The van der Waals surface area contributed by atoms with Crippen molar-refractivity contribution in [3.05, 3.63) is 23.1 Å². The summed E-state index contributed by atoms with van der Waals surface area (Å²) in [7, 11) is 1.88. The van der Waals surface area contributed by atoms with E-state index >= 15 is 0 Å². The van der Waals surface area contributed by atoms with Crippen LogP contribution in [0.5, 0.6) is 0 Å². The van der Waals surface area contributed by atoms with Gasteiger partial charge in [-0.2, -0.15) is 10.2 Å². The van der Waals surface area contributed by atoms with Crippen molar-refractivity contribution in [3.8, 4) is 11.3 Å². The summed E-state index contributed by atoms with van der Waals surface area (Å²) in [5, 5.41) is 14.2. The Kier molecular flexibility index (Phi) is 3.87. The van der Waals surface area contributed by atoms with Gasteiger partial charge in [-0.1, -0.05) is 0 Å². The van der Waals surface area contributed by atoms with Crippen LogP contribution in [0.3, 0.4) is 0 Å². The number of carbonyl (C=O) groups is 1. The number of carbonyl (C=O) groups excluding carboxylic acids is 1. The van der Waals surface area contributed by atoms with Gasteiger partial charge in [0, 0.05) is 30.4 Å². The van der Waals surface area contributed by atoms with E-state index in [0.717, 1.165) is 17.0 Å². The maximum absolute atomic E-state index is 12.2. The van der Waals surface area contributed by atoms with Crippen molar-refractivity contribution in [1.29, 1.82) is 0 Å². The molecule has 0 fully saturated rings. The summed E-state index contributed by atoms with van der Waals surface area (Å²) in [4.78, 5) is 12.2. The molecule has 0 aromatic carbocycles. The van der Waals surface area contributed by atoms with E-state index in [1.165, 1.54) is 0 Å². The highest BCUT2D eigenvalue weighted by Gasteiger charge is 2.22. The largest absolute Gasteiger partial charge is 0.345 e. The van der Waals surface area contributed by atoms with E-state index in [2.05, 4.69) is 20.6 Å². The summed E-state index contributed by atoms with van der Waals surface area (Å²) >= 11 is 0. The second-order valence-corrected chi connectivity index (χ2v) is 5.88. The van der Waals surface area contributed by atoms with Crippen LogP contribution in [0.15, 0.2) is 6.07 Å². The van der Waals surface area contributed by atoms with Crippen LogP contribution in [0.1, 0.15) is 35.7 Å². The maximum atomic E-state index is 12.2. The average molecular weight is 290 g/mol. The molecule has 0 saturated carbocycles. The summed E-state index contributed by atoms with van der Waals surface area (Å²) in [5.41, 5.74) is 9.13. The van der Waals surface area contributed by atoms with E-state index in [1.807, 2.05) is 34.7 Å². The number of hydrogen-bond donors (Lipinski definition) is 3. The molecular weight excluding hydrogens is 268 g/mol. The van der Waals surface area contributed by atoms with Gasteiger partial charge in [-0.3, -0.25) is 14.6 Å². The normalized spacial score (nSPS) is 11.7. The van der Waals surface area contributed by atoms with Crippen LogP contribution >= 0.6 is 0 Å². The van der Waals surface area contributed by atoms with Crippen LogP contribution in [0.4, 0.5) is 0 Å². The van der Waals surface area contributed by atoms with E-state index in [0.29, 0.717) is 17.9 Å². The maximum Gasteiger partial charge on any atom is 0.269 e. The van der Waals surface area contributed by atoms with Crippen LogP contribution in [0, 0.1) is 13.8 Å². The van der Waals surface area contributed by atoms with Crippen molar-refractivity contribution in [3.63, 3.8) is 0 Å². The number of H-pyrrole nitrogens is 1. The fourth-order valence-corrected chi connectivity index (χ4v) is 2.14. The Morgan fingerprint density at radius 3 is 2.67 bits per heavy atom. The fourth-order valence-electron chi connectivity index (χ4n) is 2.14. The third-order valence-corrected chi connectivity index (χ3v) is 3.55. The molecule has 2 heterocycles. The molecule has 0 aliphatic heterocycles. The molecule has 2 aromatic heterocycles. The van der Waals surface area contributed by atoms with Gasteiger partial charge in [-0.15, -0.1) is 0 Å². The van der Waals surface area contributed by atoms with E-state index < -0.39 is 5.54 Å². The van der Waals surface area contributed by atoms with Gasteiger partial charge in [0.2, 0.25) is 0 Å². The number of hydrogen-bond acceptors (Lipinski definition) is 4. The van der Waals surface area contributed by atoms with Crippen LogP contribution in [0.2, 0.25) is 0 Å². The molecule has 0 bridgehead atoms. The first-order valence-electron chi connectivity index (χ1n) is 6.83. The first kappa shape index (κ1) is 15.2. The van der Waals surface area contributed by atoms with Gasteiger partial charge >= 0.3 is 0 Å². The number of amides is 1. The van der Waals surface area contributed by atoms with Crippen molar-refractivity contribution >= 4 is 5.91 Å². The molecule has 0 spiro atoms. The number of aryl methyl sites for hydroxylation is 2. The third kappa shape index (κ3) is 2.97. The monoisotopic (exact) mass is 290 g/mol. The summed E-state index contributed by atoms with van der Waals surface area (Å²) in [6.07, 6.45) is 0. The van der Waals surface area contributed by atoms with Gasteiger partial charge in [0.25, 0.3) is 5.91 Å². The zero-order valence-corrected chi connectivity index (χ0v) is 13.1. The lowest BCUT2D eigenvalue weighted by Crippen LogP contribution is -2.48. The zero-order valence-electron chi connectivity index (χ0n) is 13.1. The van der Waals surface area contributed by atoms with Crippen LogP contribution in [-0.2, 0) is 7.05 Å². The van der Waals surface area contributed by atoms with Gasteiger partial charge in [0.05, 0.1) is 11.4 Å². The summed E-state index contributed by atoms with van der Waals surface area (Å²) in [6, 6.07) is 1.74. The van der Waals surface area contributed by atoms with Crippen LogP contribution < -0.4 is 11.1 Å². The average Bonchev–Trinajstić information content (AvgIpc) is 2.95. The smallest absolute Gasteiger partial charge is 0.269 e. The van der Waals surface area contributed by atoms with Crippen molar-refractivity contribution < 1.29 is 4.79 Å². The lowest BCUT2D eigenvalue weighted by atomic mass is 10.1. The molecule has 1 amide bonds. The minimum absolute atomic E-state index is 0.219. The summed E-state index contributed by atoms with van der Waals surface area (Å²) in [5.74, 6) is -0.219. The molecule has 114 valence electrons. The standard InChI is InChI=1S/C14H22N6O/c1-8-12(9(2)20(5)19-8)10-6-11(18-17-10)13(21)16-14(3,4)7-15/h6H,7,15H2,1-5H3,(H,16,21)(H,17,18). The van der Waals surface area contributed by atoms with Gasteiger partial charge in [0.1, 0.15) is 5.69 Å². The molecule has 2 aromatic rings. The quantitative estimate of drug-likeness (QED) is 0.778. The highest BCUT2D eigenvalue weighted by molar-refractivity contribution is 5.94. The Morgan fingerprint density at radius 1 is 1.48 bits per heavy atom. The Morgan fingerprint density at radius 2 is 2.14 bits per heavy atom. The molecule has 0 unspecified atom stereocenters. The number of nitrogens with one attached hydrogen (secondary N) is 2. The first-order valence-corrected chi connectivity index (χ1v) is 6.83. The molecule has 7 heteroatoms. The van der Waals surface area contributed by atoms with E-state index in [4.69, 9.17) is 5.73 Å². The zero-order chi connectivity index (χ0) is 15.8. The van der Waals surface area contributed by atoms with Gasteiger partial charge in [0.15, 0.2) is 0 Å². The Balaban J connectivity index is 2.28. The Bertz CT molecular complexity index is 667. The second kappa shape index (κ2) is 5.33. The van der Waals surface area contributed by atoms with E-state index in [1.54, 1.807) is 10.7 Å². The van der Waals surface area contributed by atoms with Crippen LogP contribution in [0.25, 0.3) is 11.3 Å². The molecule has 0 saturated heterocycles. The third-order valence-electron chi connectivity index (χ3n) is 3.55. The van der Waals surface area contributed by atoms with Crippen molar-refractivity contribution in [2.24, 2.45) is 12.8 Å². The van der Waals surface area contributed by atoms with Crippen LogP contribution in [-0.4, -0.2) is 38.0 Å². The fraction of sp³-hybridized carbons (Fsp3) is 0.500. The molecule has 0 aliphatic rings. The Labute approximate surface area is 123 Å². The first-order chi connectivity index (χ1) is 9.75. The van der Waals surface area contributed by atoms with Gasteiger partial charge in [-0.05, 0) is 33.8 Å². The molecular formula is C14H22N6O. The lowest BCUT2D eigenvalue weighted by Gasteiger charge is -2.23. The van der Waals surface area contributed by atoms with Crippen molar-refractivity contribution in [2.75, 3.05) is 6.54 Å². The highest BCUT2D eigenvalue weighted by Crippen LogP contribution is 2.25. The molecule has 21 heavy (non-hydrogen) atoms. The predicted octanol–water partition coefficient (Wildman–Crippen LogP) is 0.894. The molecule has 0 radical (unpaired) electrons. The lowest BCUT2D eigenvalue weighted by molar-refractivity contribution is 0.0910. The number of nitrogens with two attached hydrogens (primary N) is 1. The van der Waals surface area contributed by atoms with E-state index in [-0.39, 0.29) is 5.91 Å². The number of rotatable bonds is 4. The van der Waals surface area contributed by atoms with Crippen molar-refractivity contribution in [1.82, 2.24) is 25.3 Å². The number of aromatic amines is 1. The molecule has 7 nitrogen and oxygen atoms in total. The highest BCUT2D eigenvalue weighted by atomic mass is 16.2. The molecule has 2 rings (SSSR count). The molecule has 0 atom stereocenters. The minimum Gasteiger partial charge on any atom is -0.345 e. The van der Waals surface area contributed by atoms with Gasteiger partial charge < -0.3 is 11.1 Å². The summed E-state index contributed by atoms with van der Waals surface area (Å²) < 4.78 is 1.80. The van der Waals surface area contributed by atoms with Gasteiger partial charge in [-0.25, -0.2) is 0 Å². The number of nitrogens with zero attached hydrogens (tertiary/aromatic N) is 3.